The molecule has 0 atom stereocenters. The van der Waals surface area contributed by atoms with Gasteiger partial charge in [-0.05, 0) is 69.9 Å². The van der Waals surface area contributed by atoms with E-state index in [1.165, 1.54) is 90.1 Å². The van der Waals surface area contributed by atoms with Crippen LogP contribution in [0.1, 0.15) is 84.0 Å². The lowest BCUT2D eigenvalue weighted by atomic mass is 9.80. The van der Waals surface area contributed by atoms with Crippen LogP contribution in [0, 0.1) is 11.8 Å². The average Bonchev–Trinajstić information content (AvgIpc) is 2.52. The van der Waals surface area contributed by atoms with E-state index in [0.717, 1.165) is 11.8 Å². The Hall–Kier alpha value is -0.300. The summed E-state index contributed by atoms with van der Waals surface area (Å²) in [6.07, 6.45) is 19.6. The summed E-state index contributed by atoms with van der Waals surface area (Å²) in [7, 11) is 0. The number of allylic oxidation sites excluding steroid dienone is 1. The van der Waals surface area contributed by atoms with Crippen molar-refractivity contribution in [3.05, 3.63) is 11.6 Å². The molecule has 0 aromatic heterocycles. The van der Waals surface area contributed by atoms with E-state index in [-0.39, 0.29) is 0 Å². The van der Waals surface area contributed by atoms with Crippen LogP contribution in [-0.4, -0.2) is 13.1 Å². The SMILES string of the molecule is CCCCC1CCC(CNCCC2=CCCCC2)CC1. The van der Waals surface area contributed by atoms with Crippen molar-refractivity contribution >= 4 is 0 Å². The zero-order chi connectivity index (χ0) is 14.0. The smallest absolute Gasteiger partial charge is 0.00115 e. The van der Waals surface area contributed by atoms with Crippen LogP contribution in [0.3, 0.4) is 0 Å². The average molecular weight is 277 g/mol. The van der Waals surface area contributed by atoms with Crippen molar-refractivity contribution in [2.75, 3.05) is 13.1 Å². The number of rotatable bonds is 8. The number of hydrogen-bond acceptors (Lipinski definition) is 1. The Balaban J connectivity index is 1.49. The molecule has 0 saturated heterocycles. The van der Waals surface area contributed by atoms with Crippen LogP contribution in [0.25, 0.3) is 0 Å². The monoisotopic (exact) mass is 277 g/mol. The van der Waals surface area contributed by atoms with Crippen molar-refractivity contribution in [1.29, 1.82) is 0 Å². The third-order valence-corrected chi connectivity index (χ3v) is 5.37. The molecule has 0 heterocycles. The molecule has 0 aromatic carbocycles. The first-order valence-corrected chi connectivity index (χ1v) is 9.27. The lowest BCUT2D eigenvalue weighted by Crippen LogP contribution is -2.27. The highest BCUT2D eigenvalue weighted by Crippen LogP contribution is 2.31. The minimum absolute atomic E-state index is 0.966. The van der Waals surface area contributed by atoms with Gasteiger partial charge in [0.15, 0.2) is 0 Å². The van der Waals surface area contributed by atoms with Crippen LogP contribution in [0.5, 0.6) is 0 Å². The maximum atomic E-state index is 3.72. The van der Waals surface area contributed by atoms with Gasteiger partial charge in [-0.1, -0.05) is 50.7 Å². The summed E-state index contributed by atoms with van der Waals surface area (Å²) in [6.45, 7) is 4.80. The van der Waals surface area contributed by atoms with Crippen molar-refractivity contribution in [3.8, 4) is 0 Å². The van der Waals surface area contributed by atoms with Crippen LogP contribution in [0.2, 0.25) is 0 Å². The van der Waals surface area contributed by atoms with Gasteiger partial charge in [-0.15, -0.1) is 0 Å². The summed E-state index contributed by atoms with van der Waals surface area (Å²) >= 11 is 0. The third kappa shape index (κ3) is 5.99. The van der Waals surface area contributed by atoms with E-state index in [4.69, 9.17) is 0 Å². The molecule has 0 aliphatic heterocycles. The normalized spacial score (nSPS) is 27.4. The molecule has 0 unspecified atom stereocenters. The second kappa shape index (κ2) is 9.60. The van der Waals surface area contributed by atoms with Gasteiger partial charge in [0.2, 0.25) is 0 Å². The fourth-order valence-corrected chi connectivity index (χ4v) is 3.90. The Morgan fingerprint density at radius 3 is 2.60 bits per heavy atom. The van der Waals surface area contributed by atoms with E-state index >= 15 is 0 Å². The van der Waals surface area contributed by atoms with Crippen molar-refractivity contribution in [2.24, 2.45) is 11.8 Å². The maximum absolute atomic E-state index is 3.72. The molecule has 2 aliphatic rings. The molecule has 1 nitrogen and oxygen atoms in total. The highest BCUT2D eigenvalue weighted by molar-refractivity contribution is 5.05. The zero-order valence-corrected chi connectivity index (χ0v) is 13.6. The summed E-state index contributed by atoms with van der Waals surface area (Å²) in [5.41, 5.74) is 1.71. The van der Waals surface area contributed by atoms with Gasteiger partial charge in [-0.2, -0.15) is 0 Å². The van der Waals surface area contributed by atoms with E-state index in [1.54, 1.807) is 5.57 Å². The Kier molecular flexibility index (Phi) is 7.72. The van der Waals surface area contributed by atoms with Crippen molar-refractivity contribution in [3.63, 3.8) is 0 Å². The molecule has 116 valence electrons. The van der Waals surface area contributed by atoms with Crippen molar-refractivity contribution in [1.82, 2.24) is 5.32 Å². The molecule has 1 fully saturated rings. The van der Waals surface area contributed by atoms with Crippen LogP contribution in [-0.2, 0) is 0 Å². The molecule has 0 aromatic rings. The van der Waals surface area contributed by atoms with E-state index in [1.807, 2.05) is 0 Å². The van der Waals surface area contributed by atoms with E-state index < -0.39 is 0 Å². The standard InChI is InChI=1S/C19H35N/c1-2-3-7-18-10-12-19(13-11-18)16-20-15-14-17-8-5-4-6-9-17/h8,18-20H,2-7,9-16H2,1H3. The van der Waals surface area contributed by atoms with Crippen LogP contribution >= 0.6 is 0 Å². The summed E-state index contributed by atoms with van der Waals surface area (Å²) < 4.78 is 0. The summed E-state index contributed by atoms with van der Waals surface area (Å²) in [5.74, 6) is 2.02. The van der Waals surface area contributed by atoms with Gasteiger partial charge in [0.1, 0.15) is 0 Å². The molecule has 1 saturated carbocycles. The van der Waals surface area contributed by atoms with Gasteiger partial charge in [0, 0.05) is 0 Å². The molecular formula is C19H35N. The Labute approximate surface area is 126 Å². The lowest BCUT2D eigenvalue weighted by Gasteiger charge is -2.28. The molecule has 0 bridgehead atoms. The zero-order valence-electron chi connectivity index (χ0n) is 13.6. The minimum atomic E-state index is 0.966. The fourth-order valence-electron chi connectivity index (χ4n) is 3.90. The lowest BCUT2D eigenvalue weighted by molar-refractivity contribution is 0.254. The highest BCUT2D eigenvalue weighted by atomic mass is 14.9. The second-order valence-electron chi connectivity index (χ2n) is 7.09. The van der Waals surface area contributed by atoms with Gasteiger partial charge in [0.05, 0.1) is 0 Å². The van der Waals surface area contributed by atoms with Crippen LogP contribution in [0.15, 0.2) is 11.6 Å². The highest BCUT2D eigenvalue weighted by Gasteiger charge is 2.20. The summed E-state index contributed by atoms with van der Waals surface area (Å²) in [5, 5.41) is 3.72. The quantitative estimate of drug-likeness (QED) is 0.458. The Bertz CT molecular complexity index is 273. The molecule has 0 amide bonds. The van der Waals surface area contributed by atoms with Gasteiger partial charge in [-0.3, -0.25) is 0 Å². The number of nitrogens with one attached hydrogen (secondary N) is 1. The van der Waals surface area contributed by atoms with Crippen LogP contribution in [0.4, 0.5) is 0 Å². The van der Waals surface area contributed by atoms with Gasteiger partial charge < -0.3 is 5.32 Å². The first-order chi connectivity index (χ1) is 9.88. The predicted octanol–water partition coefficient (Wildman–Crippen LogP) is 5.46. The Morgan fingerprint density at radius 2 is 1.90 bits per heavy atom. The first-order valence-electron chi connectivity index (χ1n) is 9.27. The molecule has 20 heavy (non-hydrogen) atoms. The van der Waals surface area contributed by atoms with E-state index in [9.17, 15) is 0 Å². The summed E-state index contributed by atoms with van der Waals surface area (Å²) in [4.78, 5) is 0. The molecule has 1 heteroatoms. The van der Waals surface area contributed by atoms with Crippen LogP contribution < -0.4 is 5.32 Å². The summed E-state index contributed by atoms with van der Waals surface area (Å²) in [6, 6.07) is 0. The topological polar surface area (TPSA) is 12.0 Å². The molecule has 2 aliphatic carbocycles. The van der Waals surface area contributed by atoms with E-state index in [0.29, 0.717) is 0 Å². The molecule has 2 rings (SSSR count). The number of hydrogen-bond donors (Lipinski definition) is 1. The van der Waals surface area contributed by atoms with Gasteiger partial charge in [0.25, 0.3) is 0 Å². The molecule has 0 radical (unpaired) electrons. The third-order valence-electron chi connectivity index (χ3n) is 5.37. The minimum Gasteiger partial charge on any atom is -0.316 e. The number of unbranched alkanes of at least 4 members (excludes halogenated alkanes) is 1. The van der Waals surface area contributed by atoms with Crippen molar-refractivity contribution < 1.29 is 0 Å². The molecule has 1 N–H and O–H groups in total. The molecular weight excluding hydrogens is 242 g/mol. The second-order valence-corrected chi connectivity index (χ2v) is 7.09. The van der Waals surface area contributed by atoms with Gasteiger partial charge >= 0.3 is 0 Å². The molecule has 0 spiro atoms. The van der Waals surface area contributed by atoms with Gasteiger partial charge in [-0.25, -0.2) is 0 Å². The Morgan fingerprint density at radius 1 is 1.10 bits per heavy atom. The first kappa shape index (κ1) is 16.1. The van der Waals surface area contributed by atoms with Crippen molar-refractivity contribution in [2.45, 2.75) is 84.0 Å². The predicted molar refractivity (Wildman–Crippen MR) is 89.0 cm³/mol. The maximum Gasteiger partial charge on any atom is -0.00115 e. The largest absolute Gasteiger partial charge is 0.316 e. The fraction of sp³-hybridized carbons (Fsp3) is 0.895. The van der Waals surface area contributed by atoms with E-state index in [2.05, 4.69) is 18.3 Å².